The standard InChI is InChI=1S/C12H20O4.C10H17BO2.C8H15BO.C8H15B.C7H13BO.C6H11BO2/c1-5-10-6-11(15-8(3)13)12(7(10)2)16-9(4)14;1-4-8-5-9(11)10(6(8)2)13-7(3)12;1-3-6-4-7(9)8(10)5(6)2;1-3-7-5-8(9)4-6(7)2;1-2-5-3-6(8)4-7(5)9;7-5-1-4(3-8)6(9)2-5/h7,10-12H,5-6H2,1-4H3;6,8-10H,4-5H2,1-3H3;5-8,10H,3-4H2,1-2H3;6-8H,3-5H2,1-2H3;5-7,9H,2-4H2,1H3;4-6,8-9H,1-3H2. The molecule has 6 fully saturated rings. The van der Waals surface area contributed by atoms with E-state index < -0.39 is 0 Å². The minimum atomic E-state index is -0.370. The van der Waals surface area contributed by atoms with Gasteiger partial charge in [0.15, 0.2) is 0 Å². The highest BCUT2D eigenvalue weighted by atomic mass is 16.6. The van der Waals surface area contributed by atoms with Crippen LogP contribution < -0.4 is 0 Å². The molecule has 0 aliphatic heterocycles. The number of carbonyl (C=O) groups is 3. The van der Waals surface area contributed by atoms with Crippen molar-refractivity contribution in [2.75, 3.05) is 6.61 Å². The lowest BCUT2D eigenvalue weighted by molar-refractivity contribution is -0.164. The molecule has 370 valence electrons. The fourth-order valence-corrected chi connectivity index (χ4v) is 11.6. The highest BCUT2D eigenvalue weighted by Crippen LogP contribution is 2.43. The summed E-state index contributed by atoms with van der Waals surface area (Å²) >= 11 is 0. The Bertz CT molecular complexity index is 1310. The maximum Gasteiger partial charge on any atom is 0.303 e. The molecule has 66 heavy (non-hydrogen) atoms. The van der Waals surface area contributed by atoms with Crippen molar-refractivity contribution >= 4 is 57.1 Å². The van der Waals surface area contributed by atoms with E-state index in [1.165, 1.54) is 40.0 Å². The highest BCUT2D eigenvalue weighted by Gasteiger charge is 2.44. The molecule has 21 atom stereocenters. The molecular formula is C51H91B5O10. The molecule has 0 bridgehead atoms. The van der Waals surface area contributed by atoms with Crippen LogP contribution in [0.4, 0.5) is 0 Å². The third-order valence-electron chi connectivity index (χ3n) is 16.0. The Hall–Kier alpha value is -1.43. The summed E-state index contributed by atoms with van der Waals surface area (Å²) in [5, 5.41) is 36.5. The third-order valence-corrected chi connectivity index (χ3v) is 16.0. The van der Waals surface area contributed by atoms with Crippen molar-refractivity contribution in [1.82, 2.24) is 0 Å². The molecule has 4 N–H and O–H groups in total. The monoisotopic (exact) mass is 919 g/mol. The largest absolute Gasteiger partial charge is 0.463 e. The lowest BCUT2D eigenvalue weighted by Gasteiger charge is -2.22. The average molecular weight is 918 g/mol. The smallest absolute Gasteiger partial charge is 0.303 e. The number of hydrogen-bond donors (Lipinski definition) is 4. The first kappa shape index (κ1) is 62.6. The predicted molar refractivity (Wildman–Crippen MR) is 270 cm³/mol. The Labute approximate surface area is 409 Å². The van der Waals surface area contributed by atoms with Gasteiger partial charge in [0, 0.05) is 33.3 Å². The number of aliphatic hydroxyl groups is 4. The van der Waals surface area contributed by atoms with Gasteiger partial charge in [0.2, 0.25) is 0 Å². The van der Waals surface area contributed by atoms with Gasteiger partial charge in [0.1, 0.15) is 12.2 Å². The molecule has 6 aliphatic rings. The van der Waals surface area contributed by atoms with Crippen LogP contribution in [0.2, 0.25) is 29.1 Å². The van der Waals surface area contributed by atoms with Crippen LogP contribution in [0.25, 0.3) is 0 Å². The Morgan fingerprint density at radius 3 is 1.12 bits per heavy atom. The van der Waals surface area contributed by atoms with E-state index in [9.17, 15) is 24.6 Å². The maximum absolute atomic E-state index is 11.0. The van der Waals surface area contributed by atoms with E-state index in [0.29, 0.717) is 47.7 Å². The predicted octanol–water partition coefficient (Wildman–Crippen LogP) is 8.46. The van der Waals surface area contributed by atoms with Gasteiger partial charge in [-0.2, -0.15) is 0 Å². The van der Waals surface area contributed by atoms with Crippen LogP contribution in [-0.4, -0.2) is 121 Å². The molecule has 0 spiro atoms. The Kier molecular flexibility index (Phi) is 30.1. The van der Waals surface area contributed by atoms with Gasteiger partial charge in [-0.3, -0.25) is 14.4 Å². The Balaban J connectivity index is 0.000000402. The summed E-state index contributed by atoms with van der Waals surface area (Å²) in [7, 11) is 28.5. The lowest BCUT2D eigenvalue weighted by atomic mass is 9.83. The van der Waals surface area contributed by atoms with E-state index in [1.807, 2.05) is 6.92 Å². The summed E-state index contributed by atoms with van der Waals surface area (Å²) < 4.78 is 15.7. The zero-order chi connectivity index (χ0) is 50.6. The molecular weight excluding hydrogens is 827 g/mol. The summed E-state index contributed by atoms with van der Waals surface area (Å²) in [6.45, 7) is 23.6. The molecule has 10 radical (unpaired) electrons. The Morgan fingerprint density at radius 2 is 0.833 bits per heavy atom. The average Bonchev–Trinajstić information content (AvgIpc) is 4.07. The summed E-state index contributed by atoms with van der Waals surface area (Å²) in [6.07, 6.45) is 12.8. The molecule has 6 saturated carbocycles. The SMILES string of the molecule is CCC1CC(OC(C)=O)C(OC(C)=O)C1C.[B]C1CC(C)C(CC)C1.[B]C1CC(CC)C(C)C1O.[B]C1CC(CC)C(C)C1OC(C)=O.[B]C1CC(O)C(CC)C1.[B]C1CC(O)C(CO)C1. The summed E-state index contributed by atoms with van der Waals surface area (Å²) in [5.41, 5.74) is 0. The summed E-state index contributed by atoms with van der Waals surface area (Å²) in [4.78, 5) is 32.8. The van der Waals surface area contributed by atoms with Gasteiger partial charge in [-0.05, 0) is 78.3 Å². The second-order valence-corrected chi connectivity index (χ2v) is 21.0. The number of carbonyl (C=O) groups excluding carboxylic acids is 3. The second kappa shape index (κ2) is 31.7. The number of ether oxygens (including phenoxy) is 3. The zero-order valence-corrected chi connectivity index (χ0v) is 43.4. The molecule has 0 saturated heterocycles. The molecule has 0 amide bonds. The third kappa shape index (κ3) is 20.9. The van der Waals surface area contributed by atoms with E-state index >= 15 is 0 Å². The van der Waals surface area contributed by atoms with Gasteiger partial charge >= 0.3 is 17.9 Å². The summed E-state index contributed by atoms with van der Waals surface area (Å²) in [5.74, 6) is 5.13. The minimum Gasteiger partial charge on any atom is -0.463 e. The molecule has 0 aromatic carbocycles. The van der Waals surface area contributed by atoms with Crippen LogP contribution in [0, 0.1) is 59.2 Å². The summed E-state index contributed by atoms with van der Waals surface area (Å²) in [6, 6.07) is 0. The number of aliphatic hydroxyl groups excluding tert-OH is 4. The zero-order valence-electron chi connectivity index (χ0n) is 43.4. The van der Waals surface area contributed by atoms with Crippen molar-refractivity contribution in [3.05, 3.63) is 0 Å². The van der Waals surface area contributed by atoms with E-state index in [0.717, 1.165) is 76.0 Å². The fourth-order valence-electron chi connectivity index (χ4n) is 11.6. The van der Waals surface area contributed by atoms with E-state index in [4.69, 9.17) is 63.7 Å². The topological polar surface area (TPSA) is 160 Å². The van der Waals surface area contributed by atoms with Crippen LogP contribution in [0.1, 0.15) is 173 Å². The molecule has 15 heteroatoms. The molecule has 0 aromatic rings. The van der Waals surface area contributed by atoms with Crippen LogP contribution in [-0.2, 0) is 28.6 Å². The van der Waals surface area contributed by atoms with Crippen LogP contribution in [0.3, 0.4) is 0 Å². The molecule has 0 heterocycles. The van der Waals surface area contributed by atoms with E-state index in [-0.39, 0.29) is 96.2 Å². The minimum absolute atomic E-state index is 0.0277. The van der Waals surface area contributed by atoms with Crippen LogP contribution >= 0.6 is 0 Å². The molecule has 0 aromatic heterocycles. The lowest BCUT2D eigenvalue weighted by Crippen LogP contribution is -2.33. The highest BCUT2D eigenvalue weighted by molar-refractivity contribution is 6.13. The van der Waals surface area contributed by atoms with Crippen LogP contribution in [0.15, 0.2) is 0 Å². The fraction of sp³-hybridized carbons (Fsp3) is 0.941. The van der Waals surface area contributed by atoms with Crippen LogP contribution in [0.5, 0.6) is 0 Å². The molecule has 6 rings (SSSR count). The Morgan fingerprint density at radius 1 is 0.455 bits per heavy atom. The number of rotatable bonds is 9. The van der Waals surface area contributed by atoms with Gasteiger partial charge in [-0.1, -0.05) is 156 Å². The normalized spacial score (nSPS) is 40.9. The van der Waals surface area contributed by atoms with Crippen molar-refractivity contribution in [2.24, 2.45) is 59.2 Å². The van der Waals surface area contributed by atoms with Gasteiger partial charge in [0.05, 0.1) is 63.6 Å². The van der Waals surface area contributed by atoms with Crippen molar-refractivity contribution in [1.29, 1.82) is 0 Å². The van der Waals surface area contributed by atoms with E-state index in [1.54, 1.807) is 0 Å². The first-order valence-corrected chi connectivity index (χ1v) is 25.8. The van der Waals surface area contributed by atoms with Crippen molar-refractivity contribution < 1.29 is 49.0 Å². The van der Waals surface area contributed by atoms with Crippen molar-refractivity contribution in [3.8, 4) is 0 Å². The molecule has 10 nitrogen and oxygen atoms in total. The quantitative estimate of drug-likeness (QED) is 0.100. The van der Waals surface area contributed by atoms with E-state index in [2.05, 4.69) is 55.4 Å². The van der Waals surface area contributed by atoms with Crippen molar-refractivity contribution in [3.63, 3.8) is 0 Å². The second-order valence-electron chi connectivity index (χ2n) is 21.0. The maximum atomic E-state index is 11.0. The number of esters is 3. The van der Waals surface area contributed by atoms with Gasteiger partial charge in [-0.15, -0.1) is 0 Å². The number of hydrogen-bond acceptors (Lipinski definition) is 10. The van der Waals surface area contributed by atoms with Gasteiger partial charge < -0.3 is 34.6 Å². The first-order chi connectivity index (χ1) is 30.9. The molecule has 21 unspecified atom stereocenters. The van der Waals surface area contributed by atoms with Gasteiger partial charge in [-0.25, -0.2) is 0 Å². The van der Waals surface area contributed by atoms with Gasteiger partial charge in [0.25, 0.3) is 0 Å². The first-order valence-electron chi connectivity index (χ1n) is 25.8. The molecule has 6 aliphatic carbocycles. The van der Waals surface area contributed by atoms with Crippen molar-refractivity contribution in [2.45, 2.75) is 239 Å².